The first-order valence-corrected chi connectivity index (χ1v) is 7.33. The van der Waals surface area contributed by atoms with Gasteiger partial charge in [-0.05, 0) is 49.4 Å². The first-order valence-electron chi connectivity index (χ1n) is 7.33. The molecule has 0 saturated carbocycles. The topological polar surface area (TPSA) is 39.7 Å². The van der Waals surface area contributed by atoms with E-state index in [2.05, 4.69) is 11.4 Å². The van der Waals surface area contributed by atoms with Crippen LogP contribution >= 0.6 is 0 Å². The van der Waals surface area contributed by atoms with Crippen molar-refractivity contribution in [3.05, 3.63) is 23.8 Å². The number of methoxy groups -OCH3 is 2. The van der Waals surface area contributed by atoms with E-state index in [-0.39, 0.29) is 0 Å². The van der Waals surface area contributed by atoms with E-state index in [9.17, 15) is 0 Å². The maximum Gasteiger partial charge on any atom is 0.160 e. The Bertz CT molecular complexity index is 403. The Hall–Kier alpha value is -1.26. The maximum absolute atomic E-state index is 5.48. The zero-order valence-electron chi connectivity index (χ0n) is 12.5. The lowest BCUT2D eigenvalue weighted by atomic mass is 10.0. The number of rotatable bonds is 7. The molecule has 0 spiro atoms. The van der Waals surface area contributed by atoms with Gasteiger partial charge in [-0.2, -0.15) is 0 Å². The summed E-state index contributed by atoms with van der Waals surface area (Å²) in [6.07, 6.45) is 3.47. The summed E-state index contributed by atoms with van der Waals surface area (Å²) >= 11 is 0. The molecule has 1 aromatic carbocycles. The van der Waals surface area contributed by atoms with E-state index in [1.807, 2.05) is 12.1 Å². The van der Waals surface area contributed by atoms with Crippen LogP contribution in [0.5, 0.6) is 11.5 Å². The highest BCUT2D eigenvalue weighted by Gasteiger charge is 2.12. The fourth-order valence-electron chi connectivity index (χ4n) is 2.54. The van der Waals surface area contributed by atoms with Crippen molar-refractivity contribution in [2.75, 3.05) is 40.5 Å². The number of ether oxygens (including phenoxy) is 3. The third kappa shape index (κ3) is 4.39. The maximum atomic E-state index is 5.48. The standard InChI is InChI=1S/C16H25NO3/c1-18-15-6-5-13(10-16(15)19-2)7-8-17-11-14-4-3-9-20-12-14/h5-6,10,14,17H,3-4,7-9,11-12H2,1-2H3. The van der Waals surface area contributed by atoms with Gasteiger partial charge in [-0.1, -0.05) is 6.07 Å². The predicted molar refractivity (Wildman–Crippen MR) is 79.7 cm³/mol. The molecule has 112 valence electrons. The number of nitrogens with one attached hydrogen (secondary N) is 1. The summed E-state index contributed by atoms with van der Waals surface area (Å²) in [6.45, 7) is 3.87. The minimum Gasteiger partial charge on any atom is -0.493 e. The van der Waals surface area contributed by atoms with Gasteiger partial charge in [0.1, 0.15) is 0 Å². The molecule has 1 aromatic rings. The van der Waals surface area contributed by atoms with Gasteiger partial charge in [-0.15, -0.1) is 0 Å². The smallest absolute Gasteiger partial charge is 0.160 e. The minimum atomic E-state index is 0.675. The summed E-state index contributed by atoms with van der Waals surface area (Å²) in [5.74, 6) is 2.25. The van der Waals surface area contributed by atoms with Crippen molar-refractivity contribution in [2.45, 2.75) is 19.3 Å². The summed E-state index contributed by atoms with van der Waals surface area (Å²) in [4.78, 5) is 0. The molecule has 0 amide bonds. The molecule has 0 bridgehead atoms. The van der Waals surface area contributed by atoms with Crippen molar-refractivity contribution < 1.29 is 14.2 Å². The summed E-state index contributed by atoms with van der Waals surface area (Å²) in [5, 5.41) is 3.52. The van der Waals surface area contributed by atoms with Crippen LogP contribution < -0.4 is 14.8 Å². The summed E-state index contributed by atoms with van der Waals surface area (Å²) in [5.41, 5.74) is 1.26. The highest BCUT2D eigenvalue weighted by molar-refractivity contribution is 5.42. The minimum absolute atomic E-state index is 0.675. The molecule has 4 heteroatoms. The highest BCUT2D eigenvalue weighted by atomic mass is 16.5. The van der Waals surface area contributed by atoms with E-state index >= 15 is 0 Å². The van der Waals surface area contributed by atoms with Gasteiger partial charge >= 0.3 is 0 Å². The molecule has 20 heavy (non-hydrogen) atoms. The second-order valence-electron chi connectivity index (χ2n) is 5.23. The molecule has 4 nitrogen and oxygen atoms in total. The van der Waals surface area contributed by atoms with E-state index < -0.39 is 0 Å². The molecule has 2 rings (SSSR count). The summed E-state index contributed by atoms with van der Waals surface area (Å²) < 4.78 is 16.0. The number of benzene rings is 1. The molecule has 0 aromatic heterocycles. The molecule has 0 aliphatic carbocycles. The molecule has 1 aliphatic rings. The molecule has 1 atom stereocenters. The predicted octanol–water partition coefficient (Wildman–Crippen LogP) is 2.26. The largest absolute Gasteiger partial charge is 0.493 e. The lowest BCUT2D eigenvalue weighted by Gasteiger charge is -2.22. The molecule has 1 fully saturated rings. The Kier molecular flexibility index (Phi) is 6.15. The quantitative estimate of drug-likeness (QED) is 0.777. The van der Waals surface area contributed by atoms with E-state index in [0.29, 0.717) is 5.92 Å². The van der Waals surface area contributed by atoms with Crippen LogP contribution in [0.4, 0.5) is 0 Å². The van der Waals surface area contributed by atoms with Crippen LogP contribution in [-0.2, 0) is 11.2 Å². The fraction of sp³-hybridized carbons (Fsp3) is 0.625. The third-order valence-corrected chi connectivity index (χ3v) is 3.73. The Morgan fingerprint density at radius 1 is 1.25 bits per heavy atom. The fourth-order valence-corrected chi connectivity index (χ4v) is 2.54. The van der Waals surface area contributed by atoms with Gasteiger partial charge in [0.15, 0.2) is 11.5 Å². The Morgan fingerprint density at radius 3 is 2.80 bits per heavy atom. The van der Waals surface area contributed by atoms with Crippen molar-refractivity contribution in [1.82, 2.24) is 5.32 Å². The second kappa shape index (κ2) is 8.12. The van der Waals surface area contributed by atoms with Crippen LogP contribution in [-0.4, -0.2) is 40.5 Å². The first-order chi connectivity index (χ1) is 9.83. The van der Waals surface area contributed by atoms with E-state index in [0.717, 1.165) is 44.2 Å². The first kappa shape index (κ1) is 15.1. The molecular formula is C16H25NO3. The van der Waals surface area contributed by atoms with Gasteiger partial charge in [0.25, 0.3) is 0 Å². The van der Waals surface area contributed by atoms with Gasteiger partial charge in [0.05, 0.1) is 20.8 Å². The Morgan fingerprint density at radius 2 is 2.10 bits per heavy atom. The van der Waals surface area contributed by atoms with Crippen molar-refractivity contribution in [1.29, 1.82) is 0 Å². The molecule has 1 unspecified atom stereocenters. The van der Waals surface area contributed by atoms with Crippen molar-refractivity contribution in [3.63, 3.8) is 0 Å². The van der Waals surface area contributed by atoms with Crippen LogP contribution in [0.3, 0.4) is 0 Å². The van der Waals surface area contributed by atoms with Gasteiger partial charge in [-0.25, -0.2) is 0 Å². The second-order valence-corrected chi connectivity index (χ2v) is 5.23. The van der Waals surface area contributed by atoms with E-state index in [4.69, 9.17) is 14.2 Å². The van der Waals surface area contributed by atoms with Crippen LogP contribution in [0.25, 0.3) is 0 Å². The average Bonchev–Trinajstić information content (AvgIpc) is 2.52. The van der Waals surface area contributed by atoms with Crippen LogP contribution in [0.15, 0.2) is 18.2 Å². The third-order valence-electron chi connectivity index (χ3n) is 3.73. The van der Waals surface area contributed by atoms with Gasteiger partial charge in [0.2, 0.25) is 0 Å². The summed E-state index contributed by atoms with van der Waals surface area (Å²) in [7, 11) is 3.33. The van der Waals surface area contributed by atoms with Gasteiger partial charge < -0.3 is 19.5 Å². The van der Waals surface area contributed by atoms with Gasteiger partial charge in [-0.3, -0.25) is 0 Å². The lowest BCUT2D eigenvalue weighted by Crippen LogP contribution is -2.30. The van der Waals surface area contributed by atoms with E-state index in [1.54, 1.807) is 14.2 Å². The Balaban J connectivity index is 1.73. The molecule has 1 aliphatic heterocycles. The SMILES string of the molecule is COc1ccc(CCNCC2CCCOC2)cc1OC. The van der Waals surface area contributed by atoms with E-state index in [1.165, 1.54) is 18.4 Å². The number of hydrogen-bond donors (Lipinski definition) is 1. The van der Waals surface area contributed by atoms with Crippen LogP contribution in [0.2, 0.25) is 0 Å². The van der Waals surface area contributed by atoms with Gasteiger partial charge in [0, 0.05) is 13.2 Å². The Labute approximate surface area is 121 Å². The zero-order valence-corrected chi connectivity index (χ0v) is 12.5. The molecule has 0 radical (unpaired) electrons. The van der Waals surface area contributed by atoms with Crippen LogP contribution in [0.1, 0.15) is 18.4 Å². The molecule has 1 N–H and O–H groups in total. The molecular weight excluding hydrogens is 254 g/mol. The normalized spacial score (nSPS) is 18.8. The van der Waals surface area contributed by atoms with Crippen molar-refractivity contribution in [2.24, 2.45) is 5.92 Å². The van der Waals surface area contributed by atoms with Crippen LogP contribution in [0, 0.1) is 5.92 Å². The van der Waals surface area contributed by atoms with Crippen molar-refractivity contribution in [3.8, 4) is 11.5 Å². The van der Waals surface area contributed by atoms with Crippen molar-refractivity contribution >= 4 is 0 Å². The number of hydrogen-bond acceptors (Lipinski definition) is 4. The average molecular weight is 279 g/mol. The highest BCUT2D eigenvalue weighted by Crippen LogP contribution is 2.27. The lowest BCUT2D eigenvalue weighted by molar-refractivity contribution is 0.0550. The molecule has 1 heterocycles. The monoisotopic (exact) mass is 279 g/mol. The summed E-state index contributed by atoms with van der Waals surface area (Å²) in [6, 6.07) is 6.10. The molecule has 1 saturated heterocycles. The zero-order chi connectivity index (χ0) is 14.2.